The fourth-order valence-electron chi connectivity index (χ4n) is 4.65. The summed E-state index contributed by atoms with van der Waals surface area (Å²) in [4.78, 5) is 24.9. The number of aliphatic carboxylic acids is 1. The van der Waals surface area contributed by atoms with Crippen LogP contribution in [0.1, 0.15) is 61.2 Å². The second kappa shape index (κ2) is 12.4. The molecule has 2 saturated heterocycles. The fourth-order valence-corrected chi connectivity index (χ4v) is 4.65. The number of β-amino-alcohol motifs (C(OH)–C–C–N with tert-alkyl or cyclic N) is 1. The number of ether oxygens (including phenoxy) is 2. The summed E-state index contributed by atoms with van der Waals surface area (Å²) >= 11 is 0. The van der Waals surface area contributed by atoms with Crippen LogP contribution >= 0.6 is 0 Å². The van der Waals surface area contributed by atoms with Crippen molar-refractivity contribution in [2.75, 3.05) is 25.0 Å². The molecule has 2 aliphatic rings. The highest BCUT2D eigenvalue weighted by atomic mass is 16.7. The van der Waals surface area contributed by atoms with E-state index >= 15 is 0 Å². The third-order valence-corrected chi connectivity index (χ3v) is 6.59. The van der Waals surface area contributed by atoms with Gasteiger partial charge in [-0.05, 0) is 36.1 Å². The SMILES string of the molecule is O=C(O)CCCC(=O)Nc1ccc([C@@H]2O[C@H](CN3CC[C@H](O)C3)C[C@H](c3ccc(CO)cc3)O2)cc1. The number of likely N-dealkylation sites (tertiary alicyclic amines) is 1. The van der Waals surface area contributed by atoms with E-state index < -0.39 is 12.3 Å². The first kappa shape index (κ1) is 26.2. The highest BCUT2D eigenvalue weighted by molar-refractivity contribution is 5.90. The summed E-state index contributed by atoms with van der Waals surface area (Å²) in [6.07, 6.45) is 0.658. The molecular formula is C27H34N2O7. The quantitative estimate of drug-likeness (QED) is 0.394. The monoisotopic (exact) mass is 498 g/mol. The number of carbonyl (C=O) groups excluding carboxylic acids is 1. The van der Waals surface area contributed by atoms with Gasteiger partial charge in [0, 0.05) is 50.1 Å². The molecule has 1 amide bonds. The van der Waals surface area contributed by atoms with Crippen molar-refractivity contribution in [2.45, 2.75) is 63.3 Å². The first-order valence-corrected chi connectivity index (χ1v) is 12.4. The van der Waals surface area contributed by atoms with Crippen molar-refractivity contribution >= 4 is 17.6 Å². The van der Waals surface area contributed by atoms with E-state index in [0.717, 1.165) is 29.7 Å². The smallest absolute Gasteiger partial charge is 0.303 e. The predicted octanol–water partition coefficient (Wildman–Crippen LogP) is 2.98. The number of carboxylic acid groups (broad SMARTS) is 1. The number of hydrogen-bond acceptors (Lipinski definition) is 7. The summed E-state index contributed by atoms with van der Waals surface area (Å²) in [5, 5.41) is 30.8. The maximum atomic E-state index is 12.1. The van der Waals surface area contributed by atoms with E-state index in [9.17, 15) is 19.8 Å². The molecule has 36 heavy (non-hydrogen) atoms. The van der Waals surface area contributed by atoms with Gasteiger partial charge in [-0.3, -0.25) is 14.5 Å². The molecule has 0 bridgehead atoms. The van der Waals surface area contributed by atoms with Gasteiger partial charge in [-0.25, -0.2) is 0 Å². The molecular weight excluding hydrogens is 464 g/mol. The summed E-state index contributed by atoms with van der Waals surface area (Å²) in [7, 11) is 0. The van der Waals surface area contributed by atoms with Crippen LogP contribution in [0, 0.1) is 0 Å². The molecule has 9 heteroatoms. The Bertz CT molecular complexity index is 1010. The molecule has 0 unspecified atom stereocenters. The Balaban J connectivity index is 1.43. The molecule has 2 heterocycles. The van der Waals surface area contributed by atoms with Gasteiger partial charge in [0.2, 0.25) is 5.91 Å². The van der Waals surface area contributed by atoms with Crippen molar-refractivity contribution in [3.05, 3.63) is 65.2 Å². The van der Waals surface area contributed by atoms with E-state index in [1.165, 1.54) is 0 Å². The molecule has 4 atom stereocenters. The molecule has 0 spiro atoms. The Morgan fingerprint density at radius 2 is 1.72 bits per heavy atom. The summed E-state index contributed by atoms with van der Waals surface area (Å²) in [6.45, 7) is 2.16. The van der Waals surface area contributed by atoms with Crippen LogP contribution in [-0.4, -0.2) is 63.9 Å². The lowest BCUT2D eigenvalue weighted by atomic mass is 9.99. The number of aliphatic hydroxyl groups is 2. The number of amides is 1. The van der Waals surface area contributed by atoms with Gasteiger partial charge in [0.1, 0.15) is 0 Å². The molecule has 0 radical (unpaired) electrons. The zero-order valence-electron chi connectivity index (χ0n) is 20.2. The van der Waals surface area contributed by atoms with Crippen LogP contribution in [0.15, 0.2) is 48.5 Å². The van der Waals surface area contributed by atoms with Gasteiger partial charge in [-0.2, -0.15) is 0 Å². The molecule has 2 fully saturated rings. The molecule has 2 aliphatic heterocycles. The number of aliphatic hydroxyl groups excluding tert-OH is 2. The van der Waals surface area contributed by atoms with Crippen LogP contribution in [0.25, 0.3) is 0 Å². The van der Waals surface area contributed by atoms with Gasteiger partial charge in [-0.1, -0.05) is 36.4 Å². The second-order valence-corrected chi connectivity index (χ2v) is 9.47. The normalized spacial score (nSPS) is 24.5. The number of anilines is 1. The molecule has 0 saturated carbocycles. The maximum absolute atomic E-state index is 12.1. The minimum atomic E-state index is -0.915. The number of carbonyl (C=O) groups is 2. The van der Waals surface area contributed by atoms with Crippen LogP contribution in [0.4, 0.5) is 5.69 Å². The summed E-state index contributed by atoms with van der Waals surface area (Å²) in [5.41, 5.74) is 3.29. The van der Waals surface area contributed by atoms with Gasteiger partial charge < -0.3 is 30.1 Å². The van der Waals surface area contributed by atoms with Crippen LogP contribution in [-0.2, 0) is 25.7 Å². The minimum absolute atomic E-state index is 0.0140. The van der Waals surface area contributed by atoms with Gasteiger partial charge in [0.05, 0.1) is 24.9 Å². The lowest BCUT2D eigenvalue weighted by molar-refractivity contribution is -0.252. The number of nitrogens with one attached hydrogen (secondary N) is 1. The highest BCUT2D eigenvalue weighted by Gasteiger charge is 2.34. The van der Waals surface area contributed by atoms with E-state index in [1.807, 2.05) is 36.4 Å². The summed E-state index contributed by atoms with van der Waals surface area (Å²) in [5.74, 6) is -1.14. The van der Waals surface area contributed by atoms with Gasteiger partial charge >= 0.3 is 5.97 Å². The summed E-state index contributed by atoms with van der Waals surface area (Å²) in [6, 6.07) is 15.0. The number of carboxylic acids is 1. The summed E-state index contributed by atoms with van der Waals surface area (Å²) < 4.78 is 12.7. The molecule has 0 aromatic heterocycles. The number of benzene rings is 2. The maximum Gasteiger partial charge on any atom is 0.303 e. The molecule has 4 rings (SSSR count). The average Bonchev–Trinajstić information content (AvgIpc) is 3.28. The molecule has 194 valence electrons. The van der Waals surface area contributed by atoms with Crippen molar-refractivity contribution < 1.29 is 34.4 Å². The number of nitrogens with zero attached hydrogens (tertiary/aromatic N) is 1. The fraction of sp³-hybridized carbons (Fsp3) is 0.481. The van der Waals surface area contributed by atoms with Crippen molar-refractivity contribution in [3.63, 3.8) is 0 Å². The Kier molecular flexibility index (Phi) is 9.06. The van der Waals surface area contributed by atoms with Crippen molar-refractivity contribution in [2.24, 2.45) is 0 Å². The first-order valence-electron chi connectivity index (χ1n) is 12.4. The van der Waals surface area contributed by atoms with Crippen molar-refractivity contribution in [1.82, 2.24) is 4.90 Å². The second-order valence-electron chi connectivity index (χ2n) is 9.47. The lowest BCUT2D eigenvalue weighted by Crippen LogP contribution is -2.38. The molecule has 0 aliphatic carbocycles. The molecule has 9 nitrogen and oxygen atoms in total. The van der Waals surface area contributed by atoms with Crippen LogP contribution < -0.4 is 5.32 Å². The van der Waals surface area contributed by atoms with Gasteiger partial charge in [0.15, 0.2) is 6.29 Å². The Morgan fingerprint density at radius 3 is 2.36 bits per heavy atom. The Hall–Kier alpha value is -2.82. The van der Waals surface area contributed by atoms with Crippen LogP contribution in [0.2, 0.25) is 0 Å². The number of rotatable bonds is 10. The largest absolute Gasteiger partial charge is 0.481 e. The van der Waals surface area contributed by atoms with E-state index in [0.29, 0.717) is 31.6 Å². The number of hydrogen-bond donors (Lipinski definition) is 4. The van der Waals surface area contributed by atoms with E-state index in [2.05, 4.69) is 10.2 Å². The zero-order chi connectivity index (χ0) is 25.5. The van der Waals surface area contributed by atoms with E-state index in [4.69, 9.17) is 14.6 Å². The molecule has 4 N–H and O–H groups in total. The van der Waals surface area contributed by atoms with E-state index in [-0.39, 0.29) is 43.7 Å². The van der Waals surface area contributed by atoms with E-state index in [1.54, 1.807) is 12.1 Å². The predicted molar refractivity (Wildman–Crippen MR) is 132 cm³/mol. The third kappa shape index (κ3) is 7.35. The van der Waals surface area contributed by atoms with Crippen molar-refractivity contribution in [3.8, 4) is 0 Å². The highest BCUT2D eigenvalue weighted by Crippen LogP contribution is 2.38. The van der Waals surface area contributed by atoms with Crippen LogP contribution in [0.5, 0.6) is 0 Å². The Morgan fingerprint density at radius 1 is 1.00 bits per heavy atom. The Labute approximate surface area is 210 Å². The molecule has 2 aromatic carbocycles. The average molecular weight is 499 g/mol. The van der Waals surface area contributed by atoms with Crippen molar-refractivity contribution in [1.29, 1.82) is 0 Å². The minimum Gasteiger partial charge on any atom is -0.481 e. The lowest BCUT2D eigenvalue weighted by Gasteiger charge is -2.37. The first-order chi connectivity index (χ1) is 17.4. The van der Waals surface area contributed by atoms with Gasteiger partial charge in [0.25, 0.3) is 0 Å². The standard InChI is InChI=1S/C27H34N2O7/c30-17-18-4-6-19(7-5-18)24-14-23(16-29-13-12-22(31)15-29)35-27(36-24)20-8-10-21(11-9-20)28-25(32)2-1-3-26(33)34/h4-11,22-24,27,30-31H,1-3,12-17H2,(H,28,32)(H,33,34)/t22-,23-,24+,27+/m0/s1. The van der Waals surface area contributed by atoms with Crippen LogP contribution in [0.3, 0.4) is 0 Å². The topological polar surface area (TPSA) is 129 Å². The molecule has 2 aromatic rings. The zero-order valence-corrected chi connectivity index (χ0v) is 20.2. The van der Waals surface area contributed by atoms with Gasteiger partial charge in [-0.15, -0.1) is 0 Å². The third-order valence-electron chi connectivity index (χ3n) is 6.59.